The number of aliphatic hydroxyl groups is 2. The average molecular weight is 174 g/mol. The van der Waals surface area contributed by atoms with Crippen LogP contribution in [0.25, 0.3) is 0 Å². The molecule has 0 aliphatic rings. The van der Waals surface area contributed by atoms with E-state index in [2.05, 4.69) is 17.2 Å². The molecule has 0 aromatic heterocycles. The van der Waals surface area contributed by atoms with Gasteiger partial charge >= 0.3 is 0 Å². The summed E-state index contributed by atoms with van der Waals surface area (Å²) in [6.45, 7) is 6.34. The predicted molar refractivity (Wildman–Crippen MR) is 48.8 cm³/mol. The van der Waals surface area contributed by atoms with Crippen molar-refractivity contribution < 1.29 is 10.2 Å². The minimum atomic E-state index is -1.24. The molecule has 0 amide bonds. The Labute approximate surface area is 73.3 Å². The Balaban J connectivity index is 2.86. The van der Waals surface area contributed by atoms with Crippen molar-refractivity contribution in [1.29, 1.82) is 0 Å². The van der Waals surface area contributed by atoms with Crippen molar-refractivity contribution in [3.8, 4) is 0 Å². The van der Waals surface area contributed by atoms with Gasteiger partial charge in [-0.1, -0.05) is 6.08 Å². The molecule has 0 aliphatic carbocycles. The smallest absolute Gasteiger partial charge is 0.164 e. The minimum Gasteiger partial charge on any atom is -0.367 e. The molecule has 0 rings (SSSR count). The first-order chi connectivity index (χ1) is 5.77. The van der Waals surface area contributed by atoms with Crippen LogP contribution in [0.3, 0.4) is 0 Å². The van der Waals surface area contributed by atoms with Gasteiger partial charge in [-0.2, -0.15) is 0 Å². The third-order valence-electron chi connectivity index (χ3n) is 1.32. The molecule has 4 heteroatoms. The standard InChI is InChI=1S/C8H18N2O2/c1-2-4-9-5-3-6-10-7-8(11)12/h2,8-12H,1,3-7H2. The first-order valence-electron chi connectivity index (χ1n) is 4.16. The van der Waals surface area contributed by atoms with E-state index in [1.807, 2.05) is 6.08 Å². The van der Waals surface area contributed by atoms with Crippen molar-refractivity contribution in [3.05, 3.63) is 12.7 Å². The molecule has 0 bridgehead atoms. The SMILES string of the molecule is C=CCNCCCNCC(O)O. The van der Waals surface area contributed by atoms with Gasteiger partial charge in [0.1, 0.15) is 0 Å². The van der Waals surface area contributed by atoms with Crippen molar-refractivity contribution in [2.75, 3.05) is 26.2 Å². The molecule has 72 valence electrons. The van der Waals surface area contributed by atoms with Crippen molar-refractivity contribution in [1.82, 2.24) is 10.6 Å². The molecule has 0 aliphatic heterocycles. The number of rotatable bonds is 8. The van der Waals surface area contributed by atoms with Gasteiger partial charge < -0.3 is 20.8 Å². The maximum atomic E-state index is 8.46. The van der Waals surface area contributed by atoms with Crippen LogP contribution in [0.2, 0.25) is 0 Å². The predicted octanol–water partition coefficient (Wildman–Crippen LogP) is -0.948. The maximum Gasteiger partial charge on any atom is 0.164 e. The molecule has 0 heterocycles. The fourth-order valence-corrected chi connectivity index (χ4v) is 0.774. The highest BCUT2D eigenvalue weighted by molar-refractivity contribution is 4.69. The van der Waals surface area contributed by atoms with Crippen LogP contribution in [0.15, 0.2) is 12.7 Å². The molecular formula is C8H18N2O2. The van der Waals surface area contributed by atoms with E-state index < -0.39 is 6.29 Å². The first kappa shape index (κ1) is 11.6. The van der Waals surface area contributed by atoms with Crippen LogP contribution in [0.5, 0.6) is 0 Å². The lowest BCUT2D eigenvalue weighted by molar-refractivity contribution is -0.0370. The number of aliphatic hydroxyl groups excluding tert-OH is 1. The molecule has 0 aromatic rings. The minimum absolute atomic E-state index is 0.238. The van der Waals surface area contributed by atoms with Crippen LogP contribution in [0.1, 0.15) is 6.42 Å². The van der Waals surface area contributed by atoms with Gasteiger partial charge in [0.25, 0.3) is 0 Å². The van der Waals surface area contributed by atoms with E-state index in [0.29, 0.717) is 0 Å². The third kappa shape index (κ3) is 9.58. The summed E-state index contributed by atoms with van der Waals surface area (Å²) in [6.07, 6.45) is 1.54. The fraction of sp³-hybridized carbons (Fsp3) is 0.750. The number of nitrogens with one attached hydrogen (secondary N) is 2. The Kier molecular flexibility index (Phi) is 8.37. The summed E-state index contributed by atoms with van der Waals surface area (Å²) < 4.78 is 0. The van der Waals surface area contributed by atoms with Gasteiger partial charge in [-0.25, -0.2) is 0 Å². The first-order valence-corrected chi connectivity index (χ1v) is 4.16. The van der Waals surface area contributed by atoms with Gasteiger partial charge in [0.15, 0.2) is 6.29 Å². The van der Waals surface area contributed by atoms with E-state index in [1.54, 1.807) is 0 Å². The lowest BCUT2D eigenvalue weighted by Crippen LogP contribution is -2.29. The summed E-state index contributed by atoms with van der Waals surface area (Å²) in [5.74, 6) is 0. The molecular weight excluding hydrogens is 156 g/mol. The van der Waals surface area contributed by atoms with Crippen molar-refractivity contribution in [2.24, 2.45) is 0 Å². The van der Waals surface area contributed by atoms with Gasteiger partial charge in [-0.05, 0) is 19.5 Å². The van der Waals surface area contributed by atoms with E-state index >= 15 is 0 Å². The molecule has 0 unspecified atom stereocenters. The molecule has 0 atom stereocenters. The quantitative estimate of drug-likeness (QED) is 0.218. The molecule has 0 spiro atoms. The van der Waals surface area contributed by atoms with Crippen LogP contribution in [0.4, 0.5) is 0 Å². The second-order valence-corrected chi connectivity index (χ2v) is 2.53. The summed E-state index contributed by atoms with van der Waals surface area (Å²) in [6, 6.07) is 0. The zero-order valence-corrected chi connectivity index (χ0v) is 7.29. The highest BCUT2D eigenvalue weighted by Crippen LogP contribution is 1.75. The van der Waals surface area contributed by atoms with E-state index in [1.165, 1.54) is 0 Å². The third-order valence-corrected chi connectivity index (χ3v) is 1.32. The molecule has 12 heavy (non-hydrogen) atoms. The van der Waals surface area contributed by atoms with Crippen LogP contribution in [0, 0.1) is 0 Å². The Morgan fingerprint density at radius 2 is 1.92 bits per heavy atom. The van der Waals surface area contributed by atoms with E-state index in [-0.39, 0.29) is 6.54 Å². The second kappa shape index (κ2) is 8.67. The van der Waals surface area contributed by atoms with E-state index in [9.17, 15) is 0 Å². The largest absolute Gasteiger partial charge is 0.367 e. The van der Waals surface area contributed by atoms with E-state index in [0.717, 1.165) is 26.1 Å². The van der Waals surface area contributed by atoms with Crippen LogP contribution >= 0.6 is 0 Å². The van der Waals surface area contributed by atoms with Crippen LogP contribution < -0.4 is 10.6 Å². The molecule has 4 N–H and O–H groups in total. The Bertz CT molecular complexity index is 107. The highest BCUT2D eigenvalue weighted by Gasteiger charge is 1.93. The van der Waals surface area contributed by atoms with Crippen molar-refractivity contribution in [2.45, 2.75) is 12.7 Å². The molecule has 0 fully saturated rings. The lowest BCUT2D eigenvalue weighted by atomic mass is 10.4. The van der Waals surface area contributed by atoms with Gasteiger partial charge in [0.2, 0.25) is 0 Å². The highest BCUT2D eigenvalue weighted by atomic mass is 16.5. The van der Waals surface area contributed by atoms with Crippen molar-refractivity contribution in [3.63, 3.8) is 0 Å². The van der Waals surface area contributed by atoms with Gasteiger partial charge in [-0.3, -0.25) is 0 Å². The summed E-state index contributed by atoms with van der Waals surface area (Å²) >= 11 is 0. The van der Waals surface area contributed by atoms with Gasteiger partial charge in [0.05, 0.1) is 0 Å². The summed E-state index contributed by atoms with van der Waals surface area (Å²) in [4.78, 5) is 0. The van der Waals surface area contributed by atoms with Crippen molar-refractivity contribution >= 4 is 0 Å². The molecule has 0 aromatic carbocycles. The fourth-order valence-electron chi connectivity index (χ4n) is 0.774. The molecule has 4 nitrogen and oxygen atoms in total. The average Bonchev–Trinajstić information content (AvgIpc) is 2.02. The summed E-state index contributed by atoms with van der Waals surface area (Å²) in [5.41, 5.74) is 0. The summed E-state index contributed by atoms with van der Waals surface area (Å²) in [7, 11) is 0. The Morgan fingerprint density at radius 1 is 1.25 bits per heavy atom. The Hall–Kier alpha value is -0.420. The zero-order chi connectivity index (χ0) is 9.23. The van der Waals surface area contributed by atoms with Crippen LogP contribution in [-0.2, 0) is 0 Å². The van der Waals surface area contributed by atoms with Crippen LogP contribution in [-0.4, -0.2) is 42.7 Å². The van der Waals surface area contributed by atoms with Gasteiger partial charge in [-0.15, -0.1) is 6.58 Å². The molecule has 0 saturated heterocycles. The normalized spacial score (nSPS) is 10.6. The second-order valence-electron chi connectivity index (χ2n) is 2.53. The topological polar surface area (TPSA) is 64.5 Å². The molecule has 0 radical (unpaired) electrons. The monoisotopic (exact) mass is 174 g/mol. The summed E-state index contributed by atoms with van der Waals surface area (Å²) in [5, 5.41) is 23.0. The lowest BCUT2D eigenvalue weighted by Gasteiger charge is -2.05. The molecule has 0 saturated carbocycles. The zero-order valence-electron chi connectivity index (χ0n) is 7.29. The number of hydrogen-bond donors (Lipinski definition) is 4. The maximum absolute atomic E-state index is 8.46. The van der Waals surface area contributed by atoms with Gasteiger partial charge in [0, 0.05) is 13.1 Å². The van der Waals surface area contributed by atoms with E-state index in [4.69, 9.17) is 10.2 Å². The Morgan fingerprint density at radius 3 is 2.50 bits per heavy atom. The number of hydrogen-bond acceptors (Lipinski definition) is 4.